The molecule has 0 aliphatic heterocycles. The number of hydrogen-bond acceptors (Lipinski definition) is 5. The number of nitrogens with zero attached hydrogens (tertiary/aromatic N) is 2. The second-order valence-corrected chi connectivity index (χ2v) is 10.5. The Morgan fingerprint density at radius 3 is 2.19 bits per heavy atom. The van der Waals surface area contributed by atoms with E-state index in [0.29, 0.717) is 6.42 Å². The van der Waals surface area contributed by atoms with Crippen LogP contribution in [0.3, 0.4) is 0 Å². The van der Waals surface area contributed by atoms with Crippen molar-refractivity contribution in [1.82, 2.24) is 9.29 Å². The molecule has 0 aliphatic rings. The van der Waals surface area contributed by atoms with Gasteiger partial charge in [0.1, 0.15) is 12.4 Å². The fourth-order valence-electron chi connectivity index (χ4n) is 4.01. The molecule has 3 aromatic carbocycles. The summed E-state index contributed by atoms with van der Waals surface area (Å²) in [6.45, 7) is 0.989. The third-order valence-corrected chi connectivity index (χ3v) is 7.46. The molecule has 1 heterocycles. The van der Waals surface area contributed by atoms with Crippen molar-refractivity contribution in [2.75, 3.05) is 6.61 Å². The first-order valence-electron chi connectivity index (χ1n) is 12.0. The predicted molar refractivity (Wildman–Crippen MR) is 140 cm³/mol. The minimum absolute atomic E-state index is 0.0331. The molecule has 4 rings (SSSR count). The first-order chi connectivity index (χ1) is 17.8. The molecule has 4 aromatic rings. The summed E-state index contributed by atoms with van der Waals surface area (Å²) in [7, 11) is -2.00. The molecule has 0 aliphatic carbocycles. The Balaban J connectivity index is 1.42. The van der Waals surface area contributed by atoms with Crippen LogP contribution in [0.2, 0.25) is 0 Å². The normalized spacial score (nSPS) is 13.1. The number of rotatable bonds is 11. The summed E-state index contributed by atoms with van der Waals surface area (Å²) in [5.74, 6) is -0.497. The molecule has 0 spiro atoms. The Labute approximate surface area is 217 Å². The topological polar surface area (TPSA) is 107 Å². The highest BCUT2D eigenvalue weighted by atomic mass is 32.2. The standard InChI is InChI=1S/C28H31N4O4S/c1-31-18-19-32(21-31)17-8-20-36-28(33)24-13-15-25(16-14-24)37(34,35)30-27(23-11-6-3-7-12-23)26(29)22-9-4-2-5-10-22/h2-7,9-16,18-19,21,26-27,30H,8,17,20,29H2,1H3/q+1/t26-,27-/m0/s1. The number of benzene rings is 3. The molecule has 8 nitrogen and oxygen atoms in total. The second-order valence-electron chi connectivity index (χ2n) is 8.78. The van der Waals surface area contributed by atoms with Crippen molar-refractivity contribution in [2.24, 2.45) is 12.8 Å². The lowest BCUT2D eigenvalue weighted by atomic mass is 9.95. The van der Waals surface area contributed by atoms with E-state index in [9.17, 15) is 13.2 Å². The van der Waals surface area contributed by atoms with Crippen molar-refractivity contribution < 1.29 is 22.5 Å². The van der Waals surface area contributed by atoms with Gasteiger partial charge in [-0.2, -0.15) is 0 Å². The van der Waals surface area contributed by atoms with Crippen LogP contribution in [0.1, 0.15) is 40.0 Å². The highest BCUT2D eigenvalue weighted by Gasteiger charge is 2.27. The Morgan fingerprint density at radius 2 is 1.59 bits per heavy atom. The summed E-state index contributed by atoms with van der Waals surface area (Å²) < 4.78 is 38.6. The number of imidazole rings is 1. The number of sulfonamides is 1. The summed E-state index contributed by atoms with van der Waals surface area (Å²) in [5.41, 5.74) is 8.36. The number of carbonyl (C=O) groups excluding carboxylic acids is 1. The van der Waals surface area contributed by atoms with Crippen LogP contribution in [0.5, 0.6) is 0 Å². The summed E-state index contributed by atoms with van der Waals surface area (Å²) in [6.07, 6.45) is 6.50. The SMILES string of the molecule is C[n+]1ccn(CCCOC(=O)c2ccc(S(=O)(=O)N[C@@H](c3ccccc3)[C@@H](N)c3ccccc3)cc2)c1. The van der Waals surface area contributed by atoms with E-state index < -0.39 is 28.1 Å². The first kappa shape index (κ1) is 26.3. The van der Waals surface area contributed by atoms with Gasteiger partial charge in [-0.15, -0.1) is 0 Å². The molecule has 9 heteroatoms. The molecule has 192 valence electrons. The number of carbonyl (C=O) groups is 1. The van der Waals surface area contributed by atoms with Crippen molar-refractivity contribution in [3.05, 3.63) is 120 Å². The minimum Gasteiger partial charge on any atom is -0.462 e. The Kier molecular flexibility index (Phi) is 8.50. The Bertz CT molecular complexity index is 1410. The van der Waals surface area contributed by atoms with Crippen LogP contribution in [0.15, 0.2) is 109 Å². The predicted octanol–water partition coefficient (Wildman–Crippen LogP) is 3.28. The minimum atomic E-state index is -3.94. The van der Waals surface area contributed by atoms with E-state index >= 15 is 0 Å². The number of nitrogens with two attached hydrogens (primary N) is 1. The smallest absolute Gasteiger partial charge is 0.338 e. The highest BCUT2D eigenvalue weighted by Crippen LogP contribution is 2.28. The molecular formula is C28H31N4O4S+. The van der Waals surface area contributed by atoms with E-state index in [1.807, 2.05) is 95.6 Å². The summed E-state index contributed by atoms with van der Waals surface area (Å²) >= 11 is 0. The molecule has 0 amide bonds. The molecule has 37 heavy (non-hydrogen) atoms. The number of aryl methyl sites for hydroxylation is 2. The van der Waals surface area contributed by atoms with E-state index in [1.54, 1.807) is 0 Å². The van der Waals surface area contributed by atoms with Crippen LogP contribution < -0.4 is 15.0 Å². The van der Waals surface area contributed by atoms with Crippen LogP contribution in [0.25, 0.3) is 0 Å². The lowest BCUT2D eigenvalue weighted by Crippen LogP contribution is -2.36. The maximum absolute atomic E-state index is 13.3. The Hall–Kier alpha value is -3.79. The average Bonchev–Trinajstić information content (AvgIpc) is 3.35. The lowest BCUT2D eigenvalue weighted by Gasteiger charge is -2.26. The monoisotopic (exact) mass is 519 g/mol. The van der Waals surface area contributed by atoms with E-state index in [-0.39, 0.29) is 17.1 Å². The van der Waals surface area contributed by atoms with Gasteiger partial charge >= 0.3 is 5.97 Å². The first-order valence-corrected chi connectivity index (χ1v) is 13.5. The quantitative estimate of drug-likeness (QED) is 0.180. The van der Waals surface area contributed by atoms with Crippen molar-refractivity contribution in [3.63, 3.8) is 0 Å². The van der Waals surface area contributed by atoms with E-state index in [2.05, 4.69) is 4.72 Å². The fraction of sp³-hybridized carbons (Fsp3) is 0.214. The lowest BCUT2D eigenvalue weighted by molar-refractivity contribution is -0.671. The third kappa shape index (κ3) is 6.91. The van der Waals surface area contributed by atoms with Crippen molar-refractivity contribution in [3.8, 4) is 0 Å². The van der Waals surface area contributed by atoms with Gasteiger partial charge in [-0.05, 0) is 35.4 Å². The maximum Gasteiger partial charge on any atom is 0.338 e. The second kappa shape index (κ2) is 12.0. The molecule has 1 aromatic heterocycles. The van der Waals surface area contributed by atoms with Gasteiger partial charge in [0.2, 0.25) is 16.4 Å². The molecule has 0 saturated heterocycles. The number of esters is 1. The molecule has 0 bridgehead atoms. The van der Waals surface area contributed by atoms with E-state index in [0.717, 1.165) is 17.7 Å². The zero-order valence-electron chi connectivity index (χ0n) is 20.6. The van der Waals surface area contributed by atoms with Gasteiger partial charge < -0.3 is 10.5 Å². The molecule has 0 saturated carbocycles. The van der Waals surface area contributed by atoms with Gasteiger partial charge in [0.15, 0.2) is 0 Å². The van der Waals surface area contributed by atoms with Crippen LogP contribution in [0, 0.1) is 0 Å². The van der Waals surface area contributed by atoms with E-state index in [4.69, 9.17) is 10.5 Å². The fourth-order valence-corrected chi connectivity index (χ4v) is 5.26. The highest BCUT2D eigenvalue weighted by molar-refractivity contribution is 7.89. The van der Waals surface area contributed by atoms with Gasteiger partial charge in [0, 0.05) is 6.42 Å². The third-order valence-electron chi connectivity index (χ3n) is 6.00. The van der Waals surface area contributed by atoms with E-state index in [1.165, 1.54) is 24.3 Å². The zero-order valence-corrected chi connectivity index (χ0v) is 21.4. The van der Waals surface area contributed by atoms with Crippen LogP contribution in [0.4, 0.5) is 0 Å². The van der Waals surface area contributed by atoms with Gasteiger partial charge in [-0.1, -0.05) is 60.7 Å². The molecule has 0 fully saturated rings. The number of nitrogens with one attached hydrogen (secondary N) is 1. The van der Waals surface area contributed by atoms with Gasteiger partial charge in [-0.3, -0.25) is 0 Å². The van der Waals surface area contributed by atoms with Crippen molar-refractivity contribution >= 4 is 16.0 Å². The number of ether oxygens (including phenoxy) is 1. The molecule has 3 N–H and O–H groups in total. The summed E-state index contributed by atoms with van der Waals surface area (Å²) in [5, 5.41) is 0. The average molecular weight is 520 g/mol. The summed E-state index contributed by atoms with van der Waals surface area (Å²) in [4.78, 5) is 12.4. The zero-order chi connectivity index (χ0) is 26.3. The Morgan fingerprint density at radius 1 is 0.973 bits per heavy atom. The van der Waals surface area contributed by atoms with Crippen molar-refractivity contribution in [2.45, 2.75) is 29.9 Å². The molecule has 0 unspecified atom stereocenters. The van der Waals surface area contributed by atoms with Crippen LogP contribution in [-0.2, 0) is 28.4 Å². The van der Waals surface area contributed by atoms with Crippen molar-refractivity contribution in [1.29, 1.82) is 0 Å². The number of aromatic nitrogens is 2. The maximum atomic E-state index is 13.3. The molecule has 0 radical (unpaired) electrons. The largest absolute Gasteiger partial charge is 0.462 e. The molecular weight excluding hydrogens is 488 g/mol. The van der Waals surface area contributed by atoms with Gasteiger partial charge in [0.25, 0.3) is 0 Å². The molecule has 2 atom stereocenters. The van der Waals surface area contributed by atoms with Crippen LogP contribution >= 0.6 is 0 Å². The van der Waals surface area contributed by atoms with Gasteiger partial charge in [0.05, 0.1) is 42.7 Å². The number of hydrogen-bond donors (Lipinski definition) is 2. The van der Waals surface area contributed by atoms with Gasteiger partial charge in [-0.25, -0.2) is 27.1 Å². The van der Waals surface area contributed by atoms with Crippen LogP contribution in [-0.4, -0.2) is 25.6 Å². The summed E-state index contributed by atoms with van der Waals surface area (Å²) in [6, 6.07) is 23.0.